The van der Waals surface area contributed by atoms with Crippen LogP contribution < -0.4 is 4.74 Å². The first kappa shape index (κ1) is 18.3. The van der Waals surface area contributed by atoms with Crippen LogP contribution in [-0.4, -0.2) is 23.5 Å². The predicted molar refractivity (Wildman–Crippen MR) is 88.5 cm³/mol. The Morgan fingerprint density at radius 2 is 1.80 bits per heavy atom. The lowest BCUT2D eigenvalue weighted by molar-refractivity contribution is -0.137. The minimum absolute atomic E-state index is 0.0291. The summed E-state index contributed by atoms with van der Waals surface area (Å²) in [5.41, 5.74) is 0.504. The van der Waals surface area contributed by atoms with Crippen molar-refractivity contribution in [2.75, 3.05) is 6.61 Å². The molecule has 2 aromatic rings. The van der Waals surface area contributed by atoms with Gasteiger partial charge in [0.05, 0.1) is 6.61 Å². The van der Waals surface area contributed by atoms with Crippen molar-refractivity contribution in [3.8, 4) is 5.75 Å². The normalized spacial score (nSPS) is 10.8. The van der Waals surface area contributed by atoms with Crippen molar-refractivity contribution in [3.63, 3.8) is 0 Å². The molecule has 0 radical (unpaired) electrons. The lowest BCUT2D eigenvalue weighted by Crippen LogP contribution is -2.02. The highest BCUT2D eigenvalue weighted by Gasteiger charge is 2.05. The summed E-state index contributed by atoms with van der Waals surface area (Å²) >= 11 is 0. The maximum Gasteiger partial charge on any atom is 0.303 e. The number of allylic oxidation sites excluding steroid dienone is 1. The molecule has 0 aliphatic heterocycles. The molecule has 0 saturated heterocycles. The third-order valence-electron chi connectivity index (χ3n) is 3.32. The highest BCUT2D eigenvalue weighted by atomic mass is 19.1. The fraction of sp³-hybridized carbons (Fsp3) is 0.158. The van der Waals surface area contributed by atoms with E-state index in [0.29, 0.717) is 17.7 Å². The standard InChI is InChI=1S/C19H16F2O4/c20-15-7-3-13(17(21)12-15)6-10-18(22)14-4-8-16(9-5-14)25-11-1-2-19(23)24/h3-10,12H,1-2,11H2,(H,23,24). The lowest BCUT2D eigenvalue weighted by Gasteiger charge is -2.05. The quantitative estimate of drug-likeness (QED) is 0.444. The van der Waals surface area contributed by atoms with Gasteiger partial charge in [-0.25, -0.2) is 8.78 Å². The third kappa shape index (κ3) is 5.84. The number of carbonyl (C=O) groups excluding carboxylic acids is 1. The zero-order valence-corrected chi connectivity index (χ0v) is 13.2. The Balaban J connectivity index is 1.93. The highest BCUT2D eigenvalue weighted by Crippen LogP contribution is 2.15. The zero-order chi connectivity index (χ0) is 18.2. The maximum atomic E-state index is 13.5. The Labute approximate surface area is 143 Å². The molecule has 0 aromatic heterocycles. The largest absolute Gasteiger partial charge is 0.494 e. The Kier molecular flexibility index (Phi) is 6.39. The molecule has 0 fully saturated rings. The summed E-state index contributed by atoms with van der Waals surface area (Å²) in [5, 5.41) is 8.53. The smallest absolute Gasteiger partial charge is 0.303 e. The SMILES string of the molecule is O=C(O)CCCOc1ccc(C(=O)C=Cc2ccc(F)cc2F)cc1. The second-order valence-corrected chi connectivity index (χ2v) is 5.23. The van der Waals surface area contributed by atoms with E-state index in [-0.39, 0.29) is 24.4 Å². The van der Waals surface area contributed by atoms with Crippen LogP contribution in [0.2, 0.25) is 0 Å². The Hall–Kier alpha value is -3.02. The van der Waals surface area contributed by atoms with Crippen molar-refractivity contribution in [3.05, 3.63) is 71.3 Å². The monoisotopic (exact) mass is 346 g/mol. The predicted octanol–water partition coefficient (Wildman–Crippen LogP) is 4.10. The minimum Gasteiger partial charge on any atom is -0.494 e. The van der Waals surface area contributed by atoms with E-state index in [1.165, 1.54) is 18.2 Å². The number of rotatable bonds is 8. The van der Waals surface area contributed by atoms with Gasteiger partial charge in [-0.15, -0.1) is 0 Å². The zero-order valence-electron chi connectivity index (χ0n) is 13.2. The summed E-state index contributed by atoms with van der Waals surface area (Å²) in [6.07, 6.45) is 2.91. The van der Waals surface area contributed by atoms with Gasteiger partial charge in [0.25, 0.3) is 0 Å². The molecule has 0 atom stereocenters. The van der Waals surface area contributed by atoms with Gasteiger partial charge in [0.1, 0.15) is 17.4 Å². The molecule has 130 valence electrons. The van der Waals surface area contributed by atoms with Gasteiger partial charge in [0.2, 0.25) is 0 Å². The first-order valence-electron chi connectivity index (χ1n) is 7.58. The van der Waals surface area contributed by atoms with Crippen LogP contribution in [0, 0.1) is 11.6 Å². The van der Waals surface area contributed by atoms with Crippen LogP contribution in [0.25, 0.3) is 6.08 Å². The summed E-state index contributed by atoms with van der Waals surface area (Å²) < 4.78 is 31.7. The first-order valence-corrected chi connectivity index (χ1v) is 7.58. The van der Waals surface area contributed by atoms with E-state index in [1.807, 2.05) is 0 Å². The number of carbonyl (C=O) groups is 2. The van der Waals surface area contributed by atoms with Gasteiger partial charge in [-0.05, 0) is 55.0 Å². The van der Waals surface area contributed by atoms with E-state index < -0.39 is 17.6 Å². The topological polar surface area (TPSA) is 63.6 Å². The number of hydrogen-bond donors (Lipinski definition) is 1. The molecular weight excluding hydrogens is 330 g/mol. The Bertz CT molecular complexity index is 783. The molecule has 0 spiro atoms. The average molecular weight is 346 g/mol. The van der Waals surface area contributed by atoms with Gasteiger partial charge in [0.15, 0.2) is 5.78 Å². The average Bonchev–Trinajstić information content (AvgIpc) is 2.58. The number of aliphatic carboxylic acids is 1. The summed E-state index contributed by atoms with van der Waals surface area (Å²) in [6.45, 7) is 0.267. The van der Waals surface area contributed by atoms with Gasteiger partial charge < -0.3 is 9.84 Å². The summed E-state index contributed by atoms with van der Waals surface area (Å²) in [6, 6.07) is 9.42. The molecule has 1 N–H and O–H groups in total. The molecule has 0 saturated carbocycles. The second-order valence-electron chi connectivity index (χ2n) is 5.23. The van der Waals surface area contributed by atoms with Crippen molar-refractivity contribution in [1.82, 2.24) is 0 Å². The number of ketones is 1. The molecule has 0 heterocycles. The molecule has 0 bridgehead atoms. The summed E-state index contributed by atoms with van der Waals surface area (Å²) in [5.74, 6) is -2.11. The van der Waals surface area contributed by atoms with E-state index in [1.54, 1.807) is 24.3 Å². The summed E-state index contributed by atoms with van der Waals surface area (Å²) in [7, 11) is 0. The number of carboxylic acid groups (broad SMARTS) is 1. The van der Waals surface area contributed by atoms with E-state index in [2.05, 4.69) is 0 Å². The molecule has 0 aliphatic carbocycles. The van der Waals surface area contributed by atoms with E-state index >= 15 is 0 Å². The maximum absolute atomic E-state index is 13.5. The van der Waals surface area contributed by atoms with Gasteiger partial charge in [0, 0.05) is 23.6 Å². The molecular formula is C19H16F2O4. The van der Waals surface area contributed by atoms with Crippen molar-refractivity contribution in [1.29, 1.82) is 0 Å². The van der Waals surface area contributed by atoms with Crippen LogP contribution in [0.5, 0.6) is 5.75 Å². The fourth-order valence-electron chi connectivity index (χ4n) is 2.03. The molecule has 4 nitrogen and oxygen atoms in total. The molecule has 2 aromatic carbocycles. The highest BCUT2D eigenvalue weighted by molar-refractivity contribution is 6.06. The van der Waals surface area contributed by atoms with Crippen LogP contribution in [0.4, 0.5) is 8.78 Å². The van der Waals surface area contributed by atoms with Crippen LogP contribution in [-0.2, 0) is 4.79 Å². The number of halogens is 2. The van der Waals surface area contributed by atoms with Crippen molar-refractivity contribution in [2.45, 2.75) is 12.8 Å². The number of carboxylic acids is 1. The first-order chi connectivity index (χ1) is 12.0. The number of hydrogen-bond acceptors (Lipinski definition) is 3. The van der Waals surface area contributed by atoms with Gasteiger partial charge in [-0.3, -0.25) is 9.59 Å². The minimum atomic E-state index is -0.881. The number of benzene rings is 2. The summed E-state index contributed by atoms with van der Waals surface area (Å²) in [4.78, 5) is 22.4. The molecule has 25 heavy (non-hydrogen) atoms. The van der Waals surface area contributed by atoms with E-state index in [0.717, 1.165) is 12.1 Å². The molecule has 0 unspecified atom stereocenters. The van der Waals surface area contributed by atoms with Crippen molar-refractivity contribution < 1.29 is 28.2 Å². The molecule has 0 aliphatic rings. The van der Waals surface area contributed by atoms with E-state index in [9.17, 15) is 18.4 Å². The lowest BCUT2D eigenvalue weighted by atomic mass is 10.1. The van der Waals surface area contributed by atoms with Gasteiger partial charge in [-0.2, -0.15) is 0 Å². The van der Waals surface area contributed by atoms with Gasteiger partial charge in [-0.1, -0.05) is 0 Å². The van der Waals surface area contributed by atoms with Crippen LogP contribution in [0.15, 0.2) is 48.5 Å². The Morgan fingerprint density at radius 3 is 2.44 bits per heavy atom. The molecule has 0 amide bonds. The van der Waals surface area contributed by atoms with Crippen LogP contribution >= 0.6 is 0 Å². The van der Waals surface area contributed by atoms with Gasteiger partial charge >= 0.3 is 5.97 Å². The fourth-order valence-corrected chi connectivity index (χ4v) is 2.03. The molecule has 6 heteroatoms. The van der Waals surface area contributed by atoms with Crippen molar-refractivity contribution in [2.24, 2.45) is 0 Å². The third-order valence-corrected chi connectivity index (χ3v) is 3.32. The van der Waals surface area contributed by atoms with Crippen LogP contribution in [0.1, 0.15) is 28.8 Å². The number of ether oxygens (including phenoxy) is 1. The second kappa shape index (κ2) is 8.73. The molecule has 2 rings (SSSR count). The van der Waals surface area contributed by atoms with E-state index in [4.69, 9.17) is 9.84 Å². The van der Waals surface area contributed by atoms with Crippen molar-refractivity contribution >= 4 is 17.8 Å². The van der Waals surface area contributed by atoms with Crippen LogP contribution in [0.3, 0.4) is 0 Å². The Morgan fingerprint density at radius 1 is 1.08 bits per heavy atom.